The van der Waals surface area contributed by atoms with Crippen molar-refractivity contribution >= 4 is 0 Å². The maximum atomic E-state index is 4.53. The number of aromatic nitrogens is 2. The van der Waals surface area contributed by atoms with Gasteiger partial charge in [-0.05, 0) is 24.9 Å². The Kier molecular flexibility index (Phi) is 4.96. The quantitative estimate of drug-likeness (QED) is 0.867. The zero-order valence-corrected chi connectivity index (χ0v) is 12.9. The molecule has 0 radical (unpaired) electrons. The third-order valence-corrected chi connectivity index (χ3v) is 3.80. The maximum Gasteiger partial charge on any atom is 0.0568 e. The third-order valence-electron chi connectivity index (χ3n) is 3.80. The largest absolute Gasteiger partial charge is 0.314 e. The van der Waals surface area contributed by atoms with Crippen LogP contribution in [-0.4, -0.2) is 22.4 Å². The smallest absolute Gasteiger partial charge is 0.0568 e. The molecule has 1 aromatic heterocycles. The van der Waals surface area contributed by atoms with Crippen molar-refractivity contribution in [2.24, 2.45) is 5.92 Å². The maximum absolute atomic E-state index is 4.53. The first-order chi connectivity index (χ1) is 9.58. The van der Waals surface area contributed by atoms with E-state index >= 15 is 0 Å². The lowest BCUT2D eigenvalue weighted by molar-refractivity contribution is 0.329. The van der Waals surface area contributed by atoms with E-state index in [9.17, 15) is 0 Å². The van der Waals surface area contributed by atoms with Crippen molar-refractivity contribution in [1.29, 1.82) is 0 Å². The van der Waals surface area contributed by atoms with Crippen molar-refractivity contribution in [3.8, 4) is 11.1 Å². The Balaban J connectivity index is 2.05. The summed E-state index contributed by atoms with van der Waals surface area (Å²) in [6.07, 6.45) is 4.10. The molecule has 1 N–H and O–H groups in total. The Morgan fingerprint density at radius 3 is 2.40 bits per heavy atom. The predicted molar refractivity (Wildman–Crippen MR) is 84.7 cm³/mol. The average molecular weight is 271 g/mol. The van der Waals surface area contributed by atoms with Crippen LogP contribution in [0.1, 0.15) is 33.7 Å². The van der Waals surface area contributed by atoms with E-state index in [2.05, 4.69) is 73.3 Å². The van der Waals surface area contributed by atoms with Gasteiger partial charge in [0.2, 0.25) is 0 Å². The van der Waals surface area contributed by atoms with Crippen molar-refractivity contribution < 1.29 is 0 Å². The molecule has 1 aromatic carbocycles. The van der Waals surface area contributed by atoms with Crippen LogP contribution in [0.15, 0.2) is 42.7 Å². The highest BCUT2D eigenvalue weighted by molar-refractivity contribution is 5.61. The van der Waals surface area contributed by atoms with Crippen LogP contribution in [0.3, 0.4) is 0 Å². The first-order valence-corrected chi connectivity index (χ1v) is 7.41. The number of benzene rings is 1. The second-order valence-corrected chi connectivity index (χ2v) is 5.86. The van der Waals surface area contributed by atoms with Gasteiger partial charge in [-0.2, -0.15) is 5.10 Å². The van der Waals surface area contributed by atoms with Crippen LogP contribution >= 0.6 is 0 Å². The van der Waals surface area contributed by atoms with E-state index in [0.29, 0.717) is 18.0 Å². The molecule has 20 heavy (non-hydrogen) atoms. The molecule has 0 aliphatic rings. The van der Waals surface area contributed by atoms with Gasteiger partial charge in [0.1, 0.15) is 0 Å². The fraction of sp³-hybridized carbons (Fsp3) is 0.471. The lowest BCUT2D eigenvalue weighted by Crippen LogP contribution is -2.31. The van der Waals surface area contributed by atoms with Gasteiger partial charge >= 0.3 is 0 Å². The van der Waals surface area contributed by atoms with Crippen molar-refractivity contribution in [3.05, 3.63) is 42.7 Å². The van der Waals surface area contributed by atoms with Gasteiger partial charge in [-0.15, -0.1) is 0 Å². The summed E-state index contributed by atoms with van der Waals surface area (Å²) in [6, 6.07) is 11.3. The molecular weight excluding hydrogens is 246 g/mol. The van der Waals surface area contributed by atoms with Gasteiger partial charge in [0.25, 0.3) is 0 Å². The summed E-state index contributed by atoms with van der Waals surface area (Å²) >= 11 is 0. The molecule has 0 spiro atoms. The van der Waals surface area contributed by atoms with Gasteiger partial charge in [0.05, 0.1) is 12.2 Å². The lowest BCUT2D eigenvalue weighted by Gasteiger charge is -2.22. The van der Waals surface area contributed by atoms with Crippen molar-refractivity contribution in [3.63, 3.8) is 0 Å². The summed E-state index contributed by atoms with van der Waals surface area (Å²) in [5.41, 5.74) is 2.40. The molecule has 2 rings (SSSR count). The molecule has 0 aliphatic heterocycles. The van der Waals surface area contributed by atoms with Crippen molar-refractivity contribution in [2.45, 2.75) is 39.8 Å². The summed E-state index contributed by atoms with van der Waals surface area (Å²) in [5, 5.41) is 8.02. The lowest BCUT2D eigenvalue weighted by atomic mass is 10.0. The highest BCUT2D eigenvalue weighted by Gasteiger charge is 2.15. The normalized spacial score (nSPS) is 14.4. The second kappa shape index (κ2) is 6.71. The van der Waals surface area contributed by atoms with E-state index in [4.69, 9.17) is 0 Å². The first-order valence-electron chi connectivity index (χ1n) is 7.41. The topological polar surface area (TPSA) is 29.9 Å². The third kappa shape index (κ3) is 3.70. The molecule has 1 heterocycles. The molecule has 3 nitrogen and oxygen atoms in total. The second-order valence-electron chi connectivity index (χ2n) is 5.86. The molecule has 108 valence electrons. The minimum absolute atomic E-state index is 0.388. The monoisotopic (exact) mass is 271 g/mol. The van der Waals surface area contributed by atoms with E-state index in [1.54, 1.807) is 0 Å². The van der Waals surface area contributed by atoms with Crippen LogP contribution in [0.25, 0.3) is 11.1 Å². The van der Waals surface area contributed by atoms with Crippen molar-refractivity contribution in [2.75, 3.05) is 6.54 Å². The highest BCUT2D eigenvalue weighted by atomic mass is 15.3. The van der Waals surface area contributed by atoms with Gasteiger partial charge < -0.3 is 5.32 Å². The highest BCUT2D eigenvalue weighted by Crippen LogP contribution is 2.22. The van der Waals surface area contributed by atoms with Crippen LogP contribution in [0.4, 0.5) is 0 Å². The van der Waals surface area contributed by atoms with Gasteiger partial charge in [0, 0.05) is 17.8 Å². The Morgan fingerprint density at radius 1 is 1.05 bits per heavy atom. The van der Waals surface area contributed by atoms with Gasteiger partial charge in [-0.25, -0.2) is 0 Å². The fourth-order valence-electron chi connectivity index (χ4n) is 2.19. The molecular formula is C17H25N3. The van der Waals surface area contributed by atoms with Crippen LogP contribution < -0.4 is 5.32 Å². The van der Waals surface area contributed by atoms with E-state index < -0.39 is 0 Å². The Labute approximate surface area is 122 Å². The summed E-state index contributed by atoms with van der Waals surface area (Å²) in [6.45, 7) is 9.87. The zero-order valence-electron chi connectivity index (χ0n) is 12.9. The Morgan fingerprint density at radius 2 is 1.75 bits per heavy atom. The van der Waals surface area contributed by atoms with Gasteiger partial charge in [0.15, 0.2) is 0 Å². The molecule has 0 fully saturated rings. The van der Waals surface area contributed by atoms with Gasteiger partial charge in [-0.3, -0.25) is 4.68 Å². The number of rotatable bonds is 6. The van der Waals surface area contributed by atoms with Crippen LogP contribution in [0.5, 0.6) is 0 Å². The Hall–Kier alpha value is -1.61. The number of hydrogen-bond donors (Lipinski definition) is 1. The minimum Gasteiger partial charge on any atom is -0.314 e. The summed E-state index contributed by atoms with van der Waals surface area (Å²) in [4.78, 5) is 0. The number of nitrogens with zero attached hydrogens (tertiary/aromatic N) is 2. The molecule has 0 aliphatic carbocycles. The molecule has 3 heteroatoms. The van der Waals surface area contributed by atoms with Gasteiger partial charge in [-0.1, -0.05) is 51.1 Å². The first kappa shape index (κ1) is 14.8. The van der Waals surface area contributed by atoms with Crippen LogP contribution in [-0.2, 0) is 0 Å². The summed E-state index contributed by atoms with van der Waals surface area (Å²) < 4.78 is 2.08. The molecule has 0 amide bonds. The number of nitrogens with one attached hydrogen (secondary N) is 1. The molecule has 0 saturated carbocycles. The zero-order chi connectivity index (χ0) is 14.5. The SMILES string of the molecule is CC(C)NCC(C)C(C)n1cc(-c2ccccc2)cn1. The van der Waals surface area contributed by atoms with E-state index in [1.165, 1.54) is 11.1 Å². The average Bonchev–Trinajstić information content (AvgIpc) is 2.94. The van der Waals surface area contributed by atoms with Crippen LogP contribution in [0, 0.1) is 5.92 Å². The molecule has 2 aromatic rings. The minimum atomic E-state index is 0.388. The van der Waals surface area contributed by atoms with Crippen LogP contribution in [0.2, 0.25) is 0 Å². The summed E-state index contributed by atoms with van der Waals surface area (Å²) in [7, 11) is 0. The van der Waals surface area contributed by atoms with E-state index in [-0.39, 0.29) is 0 Å². The van der Waals surface area contributed by atoms with E-state index in [0.717, 1.165) is 6.54 Å². The molecule has 0 saturated heterocycles. The van der Waals surface area contributed by atoms with E-state index in [1.807, 2.05) is 12.3 Å². The predicted octanol–water partition coefficient (Wildman–Crippen LogP) is 3.75. The molecule has 2 unspecified atom stereocenters. The molecule has 2 atom stereocenters. The summed E-state index contributed by atoms with van der Waals surface area (Å²) in [5.74, 6) is 0.543. The standard InChI is InChI=1S/C17H25N3/c1-13(2)18-10-14(3)15(4)20-12-17(11-19-20)16-8-6-5-7-9-16/h5-9,11-15,18H,10H2,1-4H3. The Bertz CT molecular complexity index is 516. The molecule has 0 bridgehead atoms. The van der Waals surface area contributed by atoms with Crippen molar-refractivity contribution in [1.82, 2.24) is 15.1 Å². The fourth-order valence-corrected chi connectivity index (χ4v) is 2.19. The number of hydrogen-bond acceptors (Lipinski definition) is 2.